The molecule has 2 unspecified atom stereocenters. The molecular formula is C15H18BrNO4. The minimum absolute atomic E-state index is 0.184. The number of nitrogens with one attached hydrogen (secondary N) is 1. The van der Waals surface area contributed by atoms with Gasteiger partial charge in [-0.1, -0.05) is 15.9 Å². The summed E-state index contributed by atoms with van der Waals surface area (Å²) in [5.41, 5.74) is 1.38. The van der Waals surface area contributed by atoms with Crippen LogP contribution in [0.5, 0.6) is 0 Å². The number of carbonyl (C=O) groups is 2. The fourth-order valence-electron chi connectivity index (χ4n) is 2.42. The normalized spacial score (nSPS) is 19.8. The molecule has 1 heterocycles. The summed E-state index contributed by atoms with van der Waals surface area (Å²) >= 11 is 3.37. The third-order valence-corrected chi connectivity index (χ3v) is 4.53. The molecule has 0 spiro atoms. The molecule has 1 amide bonds. The Balaban J connectivity index is 2.10. The van der Waals surface area contributed by atoms with Crippen LogP contribution in [-0.2, 0) is 9.53 Å². The molecule has 1 saturated heterocycles. The summed E-state index contributed by atoms with van der Waals surface area (Å²) in [7, 11) is 0. The maximum atomic E-state index is 12.2. The Morgan fingerprint density at radius 1 is 1.48 bits per heavy atom. The Bertz CT molecular complexity index is 540. The van der Waals surface area contributed by atoms with Crippen LogP contribution in [0.1, 0.15) is 28.8 Å². The molecule has 1 aromatic rings. The first-order valence-electron chi connectivity index (χ1n) is 6.86. The molecule has 0 bridgehead atoms. The predicted molar refractivity (Wildman–Crippen MR) is 81.3 cm³/mol. The number of amides is 1. The maximum Gasteiger partial charge on any atom is 0.326 e. The van der Waals surface area contributed by atoms with Crippen molar-refractivity contribution >= 4 is 27.8 Å². The van der Waals surface area contributed by atoms with Gasteiger partial charge in [-0.25, -0.2) is 4.79 Å². The van der Waals surface area contributed by atoms with E-state index >= 15 is 0 Å². The molecule has 1 aliphatic heterocycles. The van der Waals surface area contributed by atoms with Crippen molar-refractivity contribution in [1.29, 1.82) is 0 Å². The van der Waals surface area contributed by atoms with E-state index in [1.54, 1.807) is 18.2 Å². The van der Waals surface area contributed by atoms with Gasteiger partial charge < -0.3 is 15.2 Å². The van der Waals surface area contributed by atoms with E-state index in [1.807, 2.05) is 6.92 Å². The summed E-state index contributed by atoms with van der Waals surface area (Å²) < 4.78 is 6.23. The number of carboxylic acids is 1. The molecule has 2 rings (SSSR count). The predicted octanol–water partition coefficient (Wildman–Crippen LogP) is 2.37. The Morgan fingerprint density at radius 3 is 2.81 bits per heavy atom. The molecule has 21 heavy (non-hydrogen) atoms. The van der Waals surface area contributed by atoms with Crippen molar-refractivity contribution < 1.29 is 19.4 Å². The second kappa shape index (κ2) is 7.04. The van der Waals surface area contributed by atoms with Crippen LogP contribution in [0.4, 0.5) is 0 Å². The van der Waals surface area contributed by atoms with E-state index in [1.165, 1.54) is 0 Å². The SMILES string of the molecule is Cc1cc(C(=O)NC(C(=O)O)C2CCCOC2)ccc1Br. The van der Waals surface area contributed by atoms with Gasteiger partial charge in [0.1, 0.15) is 6.04 Å². The van der Waals surface area contributed by atoms with Crippen molar-refractivity contribution in [2.24, 2.45) is 5.92 Å². The zero-order chi connectivity index (χ0) is 15.4. The van der Waals surface area contributed by atoms with Crippen LogP contribution in [0.2, 0.25) is 0 Å². The molecule has 5 nitrogen and oxygen atoms in total. The van der Waals surface area contributed by atoms with E-state index in [9.17, 15) is 14.7 Å². The zero-order valence-electron chi connectivity index (χ0n) is 11.8. The minimum atomic E-state index is -1.02. The van der Waals surface area contributed by atoms with Gasteiger partial charge in [0.15, 0.2) is 0 Å². The van der Waals surface area contributed by atoms with Crippen molar-refractivity contribution in [2.45, 2.75) is 25.8 Å². The van der Waals surface area contributed by atoms with E-state index in [-0.39, 0.29) is 11.8 Å². The van der Waals surface area contributed by atoms with Gasteiger partial charge >= 0.3 is 5.97 Å². The van der Waals surface area contributed by atoms with E-state index in [0.717, 1.165) is 22.9 Å². The molecule has 0 aliphatic carbocycles. The van der Waals surface area contributed by atoms with Crippen LogP contribution in [0.15, 0.2) is 22.7 Å². The number of rotatable bonds is 4. The van der Waals surface area contributed by atoms with Gasteiger partial charge in [0.25, 0.3) is 5.91 Å². The van der Waals surface area contributed by atoms with Gasteiger partial charge in [-0.05, 0) is 43.5 Å². The standard InChI is InChI=1S/C15H18BrNO4/c1-9-7-10(4-5-12(9)16)14(18)17-13(15(19)20)11-3-2-6-21-8-11/h4-5,7,11,13H,2-3,6,8H2,1H3,(H,17,18)(H,19,20). The topological polar surface area (TPSA) is 75.6 Å². The second-order valence-corrected chi connectivity index (χ2v) is 6.08. The number of hydrogen-bond acceptors (Lipinski definition) is 3. The Hall–Kier alpha value is -1.40. The van der Waals surface area contributed by atoms with Crippen LogP contribution < -0.4 is 5.32 Å². The molecule has 2 N–H and O–H groups in total. The average molecular weight is 356 g/mol. The number of carboxylic acid groups (broad SMARTS) is 1. The van der Waals surface area contributed by atoms with Crippen molar-refractivity contribution in [3.8, 4) is 0 Å². The summed E-state index contributed by atoms with van der Waals surface area (Å²) in [6, 6.07) is 4.27. The van der Waals surface area contributed by atoms with Gasteiger partial charge in [-0.3, -0.25) is 4.79 Å². The number of benzene rings is 1. The van der Waals surface area contributed by atoms with Crippen molar-refractivity contribution in [3.05, 3.63) is 33.8 Å². The van der Waals surface area contributed by atoms with Gasteiger partial charge in [-0.15, -0.1) is 0 Å². The lowest BCUT2D eigenvalue weighted by Crippen LogP contribution is -2.48. The quantitative estimate of drug-likeness (QED) is 0.869. The molecule has 0 radical (unpaired) electrons. The van der Waals surface area contributed by atoms with E-state index in [2.05, 4.69) is 21.2 Å². The first-order chi connectivity index (χ1) is 9.99. The van der Waals surface area contributed by atoms with Crippen molar-refractivity contribution in [3.63, 3.8) is 0 Å². The fourth-order valence-corrected chi connectivity index (χ4v) is 2.67. The number of aliphatic carboxylic acids is 1. The van der Waals surface area contributed by atoms with Crippen molar-refractivity contribution in [2.75, 3.05) is 13.2 Å². The summed E-state index contributed by atoms with van der Waals surface area (Å²) in [5, 5.41) is 12.0. The molecule has 0 aromatic heterocycles. The molecule has 1 aliphatic rings. The number of hydrogen-bond donors (Lipinski definition) is 2. The van der Waals surface area contributed by atoms with Crippen LogP contribution in [0.3, 0.4) is 0 Å². The van der Waals surface area contributed by atoms with Crippen LogP contribution in [-0.4, -0.2) is 36.2 Å². The Labute approximate surface area is 131 Å². The van der Waals surface area contributed by atoms with Gasteiger partial charge in [0, 0.05) is 22.6 Å². The lowest BCUT2D eigenvalue weighted by molar-refractivity contribution is -0.142. The first-order valence-corrected chi connectivity index (χ1v) is 7.66. The van der Waals surface area contributed by atoms with E-state index < -0.39 is 12.0 Å². The van der Waals surface area contributed by atoms with Crippen LogP contribution >= 0.6 is 15.9 Å². The summed E-state index contributed by atoms with van der Waals surface area (Å²) in [5.74, 6) is -1.58. The summed E-state index contributed by atoms with van der Waals surface area (Å²) in [6.45, 7) is 2.91. The largest absolute Gasteiger partial charge is 0.480 e. The molecule has 114 valence electrons. The highest BCUT2D eigenvalue weighted by Gasteiger charge is 2.31. The molecule has 1 aromatic carbocycles. The maximum absolute atomic E-state index is 12.2. The zero-order valence-corrected chi connectivity index (χ0v) is 13.4. The number of halogens is 1. The fraction of sp³-hybridized carbons (Fsp3) is 0.467. The first kappa shape index (κ1) is 16.0. The third kappa shape index (κ3) is 4.04. The number of aryl methyl sites for hydroxylation is 1. The van der Waals surface area contributed by atoms with Gasteiger partial charge in [0.2, 0.25) is 0 Å². The minimum Gasteiger partial charge on any atom is -0.480 e. The summed E-state index contributed by atoms with van der Waals surface area (Å²) in [4.78, 5) is 23.6. The highest BCUT2D eigenvalue weighted by Crippen LogP contribution is 2.20. The highest BCUT2D eigenvalue weighted by molar-refractivity contribution is 9.10. The monoisotopic (exact) mass is 355 g/mol. The Kier molecular flexibility index (Phi) is 5.36. The summed E-state index contributed by atoms with van der Waals surface area (Å²) in [6.07, 6.45) is 1.57. The molecule has 1 fully saturated rings. The van der Waals surface area contributed by atoms with E-state index in [0.29, 0.717) is 18.8 Å². The number of carbonyl (C=O) groups excluding carboxylic acids is 1. The van der Waals surface area contributed by atoms with E-state index in [4.69, 9.17) is 4.74 Å². The van der Waals surface area contributed by atoms with Crippen molar-refractivity contribution in [1.82, 2.24) is 5.32 Å². The highest BCUT2D eigenvalue weighted by atomic mass is 79.9. The Morgan fingerprint density at radius 2 is 2.24 bits per heavy atom. The number of ether oxygens (including phenoxy) is 1. The van der Waals surface area contributed by atoms with Gasteiger partial charge in [-0.2, -0.15) is 0 Å². The molecular weight excluding hydrogens is 338 g/mol. The smallest absolute Gasteiger partial charge is 0.326 e. The molecule has 2 atom stereocenters. The lowest BCUT2D eigenvalue weighted by atomic mass is 9.93. The van der Waals surface area contributed by atoms with Gasteiger partial charge in [0.05, 0.1) is 6.61 Å². The third-order valence-electron chi connectivity index (χ3n) is 3.64. The van der Waals surface area contributed by atoms with Crippen LogP contribution in [0.25, 0.3) is 0 Å². The average Bonchev–Trinajstić information content (AvgIpc) is 2.48. The molecule has 6 heteroatoms. The molecule has 0 saturated carbocycles. The lowest BCUT2D eigenvalue weighted by Gasteiger charge is -2.28. The second-order valence-electron chi connectivity index (χ2n) is 5.23. The van der Waals surface area contributed by atoms with Crippen LogP contribution in [0, 0.1) is 12.8 Å².